The van der Waals surface area contributed by atoms with Gasteiger partial charge < -0.3 is 11.1 Å². The zero-order chi connectivity index (χ0) is 14.9. The summed E-state index contributed by atoms with van der Waals surface area (Å²) in [5, 5.41) is 3.31. The van der Waals surface area contributed by atoms with Crippen LogP contribution in [0, 0.1) is 23.2 Å². The van der Waals surface area contributed by atoms with Crippen LogP contribution < -0.4 is 11.1 Å². The molecule has 0 aromatic heterocycles. The molecule has 0 spiro atoms. The fourth-order valence-corrected chi connectivity index (χ4v) is 5.20. The van der Waals surface area contributed by atoms with Crippen molar-refractivity contribution in [1.82, 2.24) is 5.32 Å². The predicted molar refractivity (Wildman–Crippen MR) is 93.0 cm³/mol. The summed E-state index contributed by atoms with van der Waals surface area (Å²) < 4.78 is 0. The van der Waals surface area contributed by atoms with Crippen LogP contribution in [0.25, 0.3) is 0 Å². The molecule has 2 atom stereocenters. The minimum absolute atomic E-state index is 0. The first-order valence-electron chi connectivity index (χ1n) is 9.17. The van der Waals surface area contributed by atoms with E-state index < -0.39 is 0 Å². The van der Waals surface area contributed by atoms with Crippen LogP contribution in [0.15, 0.2) is 0 Å². The summed E-state index contributed by atoms with van der Waals surface area (Å²) in [6, 6.07) is 0.361. The maximum atomic E-state index is 12.6. The Morgan fingerprint density at radius 1 is 1.14 bits per heavy atom. The average molecular weight is 329 g/mol. The Balaban J connectivity index is 0.00000176. The number of carbonyl (C=O) groups is 1. The molecule has 3 nitrogen and oxygen atoms in total. The highest BCUT2D eigenvalue weighted by Crippen LogP contribution is 2.43. The molecule has 0 aromatic rings. The lowest BCUT2D eigenvalue weighted by Crippen LogP contribution is -2.49. The fraction of sp³-hybridized carbons (Fsp3) is 0.944. The molecule has 4 heteroatoms. The van der Waals surface area contributed by atoms with Crippen LogP contribution in [-0.2, 0) is 4.79 Å². The van der Waals surface area contributed by atoms with E-state index in [1.165, 1.54) is 51.4 Å². The highest BCUT2D eigenvalue weighted by molar-refractivity contribution is 5.85. The Labute approximate surface area is 141 Å². The lowest BCUT2D eigenvalue weighted by molar-refractivity contribution is -0.128. The number of nitrogens with one attached hydrogen (secondary N) is 1. The Bertz CT molecular complexity index is 367. The summed E-state index contributed by atoms with van der Waals surface area (Å²) in [4.78, 5) is 12.6. The molecule has 1 amide bonds. The van der Waals surface area contributed by atoms with E-state index in [1.54, 1.807) is 0 Å². The molecule has 0 aromatic carbocycles. The number of halogens is 1. The first-order valence-corrected chi connectivity index (χ1v) is 9.17. The van der Waals surface area contributed by atoms with E-state index in [-0.39, 0.29) is 18.3 Å². The van der Waals surface area contributed by atoms with Gasteiger partial charge in [-0.25, -0.2) is 0 Å². The zero-order valence-electron chi connectivity index (χ0n) is 14.0. The van der Waals surface area contributed by atoms with Crippen LogP contribution in [0.2, 0.25) is 0 Å². The number of amides is 1. The molecule has 3 saturated carbocycles. The van der Waals surface area contributed by atoms with E-state index in [4.69, 9.17) is 5.73 Å². The van der Waals surface area contributed by atoms with E-state index >= 15 is 0 Å². The van der Waals surface area contributed by atoms with Crippen molar-refractivity contribution in [3.8, 4) is 0 Å². The third-order valence-corrected chi connectivity index (χ3v) is 6.84. The Kier molecular flexibility index (Phi) is 6.18. The van der Waals surface area contributed by atoms with Gasteiger partial charge in [-0.3, -0.25) is 4.79 Å². The third kappa shape index (κ3) is 3.62. The van der Waals surface area contributed by atoms with Crippen molar-refractivity contribution < 1.29 is 4.79 Å². The van der Waals surface area contributed by atoms with Gasteiger partial charge in [0.2, 0.25) is 5.91 Å². The van der Waals surface area contributed by atoms with Gasteiger partial charge in [0.1, 0.15) is 0 Å². The Morgan fingerprint density at radius 3 is 2.27 bits per heavy atom. The van der Waals surface area contributed by atoms with Crippen LogP contribution in [0.1, 0.15) is 71.1 Å². The fourth-order valence-electron chi connectivity index (χ4n) is 5.20. The van der Waals surface area contributed by atoms with Crippen LogP contribution >= 0.6 is 12.4 Å². The third-order valence-electron chi connectivity index (χ3n) is 6.84. The molecule has 0 radical (unpaired) electrons. The molecule has 0 heterocycles. The monoisotopic (exact) mass is 328 g/mol. The number of nitrogens with two attached hydrogens (primary N) is 1. The summed E-state index contributed by atoms with van der Waals surface area (Å²) in [5.41, 5.74) is 6.73. The lowest BCUT2D eigenvalue weighted by Gasteiger charge is -2.43. The minimum atomic E-state index is 0. The summed E-state index contributed by atoms with van der Waals surface area (Å²) in [6.07, 6.45) is 12.3. The summed E-state index contributed by atoms with van der Waals surface area (Å²) in [7, 11) is 0. The van der Waals surface area contributed by atoms with E-state index in [0.717, 1.165) is 19.4 Å². The zero-order valence-corrected chi connectivity index (χ0v) is 14.8. The van der Waals surface area contributed by atoms with Gasteiger partial charge in [-0.1, -0.05) is 26.2 Å². The lowest BCUT2D eigenvalue weighted by atomic mass is 9.65. The molecule has 2 unspecified atom stereocenters. The maximum absolute atomic E-state index is 12.6. The number of hydrogen-bond acceptors (Lipinski definition) is 2. The van der Waals surface area contributed by atoms with Crippen LogP contribution in [0.4, 0.5) is 0 Å². The number of carbonyl (C=O) groups excluding carboxylic acids is 1. The minimum Gasteiger partial charge on any atom is -0.355 e. The molecule has 0 aliphatic heterocycles. The molecular weight excluding hydrogens is 296 g/mol. The molecule has 2 bridgehead atoms. The van der Waals surface area contributed by atoms with Gasteiger partial charge in [0.05, 0.1) is 0 Å². The smallest absolute Gasteiger partial charge is 0.223 e. The van der Waals surface area contributed by atoms with Crippen molar-refractivity contribution >= 4 is 18.3 Å². The van der Waals surface area contributed by atoms with E-state index in [0.29, 0.717) is 29.2 Å². The number of fused-ring (bicyclic) bond motifs is 2. The summed E-state index contributed by atoms with van der Waals surface area (Å²) in [6.45, 7) is 3.18. The van der Waals surface area contributed by atoms with E-state index in [2.05, 4.69) is 12.2 Å². The van der Waals surface area contributed by atoms with Crippen molar-refractivity contribution in [1.29, 1.82) is 0 Å². The van der Waals surface area contributed by atoms with Gasteiger partial charge >= 0.3 is 0 Å². The molecule has 3 aliphatic rings. The quantitative estimate of drug-likeness (QED) is 0.827. The molecule has 0 saturated heterocycles. The molecule has 128 valence electrons. The van der Waals surface area contributed by atoms with E-state index in [1.807, 2.05) is 0 Å². The molecule has 22 heavy (non-hydrogen) atoms. The second-order valence-electron chi connectivity index (χ2n) is 7.98. The second kappa shape index (κ2) is 7.53. The topological polar surface area (TPSA) is 55.1 Å². The molecular formula is C18H33ClN2O. The van der Waals surface area contributed by atoms with Crippen LogP contribution in [0.5, 0.6) is 0 Å². The van der Waals surface area contributed by atoms with Gasteiger partial charge in [0.15, 0.2) is 0 Å². The van der Waals surface area contributed by atoms with E-state index in [9.17, 15) is 4.79 Å². The molecule has 3 fully saturated rings. The SMILES string of the molecule is CCC1(CNC(=O)C2CC3CCCC(C2)C3N)CCCC1.Cl. The molecule has 3 N–H and O–H groups in total. The first kappa shape index (κ1) is 18.1. The highest BCUT2D eigenvalue weighted by Gasteiger charge is 2.41. The van der Waals surface area contributed by atoms with Crippen molar-refractivity contribution in [3.63, 3.8) is 0 Å². The Hall–Kier alpha value is -0.280. The molecule has 3 rings (SSSR count). The number of rotatable bonds is 4. The van der Waals surface area contributed by atoms with Gasteiger partial charge in [-0.15, -0.1) is 12.4 Å². The van der Waals surface area contributed by atoms with Gasteiger partial charge in [0.25, 0.3) is 0 Å². The van der Waals surface area contributed by atoms with Crippen LogP contribution in [0.3, 0.4) is 0 Å². The normalized spacial score (nSPS) is 36.5. The Morgan fingerprint density at radius 2 is 1.73 bits per heavy atom. The van der Waals surface area contributed by atoms with Crippen molar-refractivity contribution in [2.75, 3.05) is 6.54 Å². The summed E-state index contributed by atoms with van der Waals surface area (Å²) >= 11 is 0. The first-order chi connectivity index (χ1) is 10.1. The highest BCUT2D eigenvalue weighted by atomic mass is 35.5. The average Bonchev–Trinajstić information content (AvgIpc) is 2.94. The van der Waals surface area contributed by atoms with Gasteiger partial charge in [0, 0.05) is 18.5 Å². The molecule has 3 aliphatic carbocycles. The number of hydrogen-bond donors (Lipinski definition) is 2. The standard InChI is InChI=1S/C18H32N2O.ClH/c1-2-18(8-3-4-9-18)12-20-17(21)15-10-13-6-5-7-14(11-15)16(13)19;/h13-16H,2-12,19H2,1H3,(H,20,21);1H. The van der Waals surface area contributed by atoms with Crippen LogP contribution in [-0.4, -0.2) is 18.5 Å². The maximum Gasteiger partial charge on any atom is 0.223 e. The second-order valence-corrected chi connectivity index (χ2v) is 7.98. The summed E-state index contributed by atoms with van der Waals surface area (Å²) in [5.74, 6) is 1.74. The largest absolute Gasteiger partial charge is 0.355 e. The van der Waals surface area contributed by atoms with Crippen molar-refractivity contribution in [3.05, 3.63) is 0 Å². The predicted octanol–water partition coefficient (Wildman–Crippen LogP) is 3.65. The van der Waals surface area contributed by atoms with Gasteiger partial charge in [-0.2, -0.15) is 0 Å². The van der Waals surface area contributed by atoms with Gasteiger partial charge in [-0.05, 0) is 62.2 Å². The van der Waals surface area contributed by atoms with Crippen molar-refractivity contribution in [2.45, 2.75) is 77.2 Å². The van der Waals surface area contributed by atoms with Crippen molar-refractivity contribution in [2.24, 2.45) is 28.9 Å².